The highest BCUT2D eigenvalue weighted by Crippen LogP contribution is 2.48. The molecule has 190 valence electrons. The standard InChI is InChI=1S/C29H32FN3O2.H2O/c1-19(32-16-21-3-2-4-25(30)13-21)35-18-20-5-7-22(8-6-20)27-15-28(27)29(34)33-26-10-9-24-17-31-12-11-23(24)14-26;/h5-12,14,17,21,25,27-28,32H,1-4,13,15-16,18H2,(H,33,34);1H2. The van der Waals surface area contributed by atoms with E-state index in [4.69, 9.17) is 4.74 Å². The van der Waals surface area contributed by atoms with Gasteiger partial charge in [0.25, 0.3) is 0 Å². The number of anilines is 1. The number of nitrogens with zero attached hydrogens (tertiary/aromatic N) is 1. The molecule has 0 aliphatic heterocycles. The van der Waals surface area contributed by atoms with Crippen molar-refractivity contribution in [3.63, 3.8) is 0 Å². The zero-order chi connectivity index (χ0) is 24.2. The van der Waals surface area contributed by atoms with Crippen LogP contribution in [0, 0.1) is 11.8 Å². The Bertz CT molecular complexity index is 1200. The summed E-state index contributed by atoms with van der Waals surface area (Å²) in [6, 6.07) is 16.1. The molecule has 3 aromatic rings. The lowest BCUT2D eigenvalue weighted by molar-refractivity contribution is -0.117. The topological polar surface area (TPSA) is 94.8 Å². The lowest BCUT2D eigenvalue weighted by atomic mass is 9.88. The van der Waals surface area contributed by atoms with Gasteiger partial charge in [-0.2, -0.15) is 0 Å². The van der Waals surface area contributed by atoms with Gasteiger partial charge in [0.15, 0.2) is 5.88 Å². The van der Waals surface area contributed by atoms with Gasteiger partial charge in [-0.1, -0.05) is 36.8 Å². The smallest absolute Gasteiger partial charge is 0.228 e. The van der Waals surface area contributed by atoms with Gasteiger partial charge in [-0.25, -0.2) is 4.39 Å². The maximum Gasteiger partial charge on any atom is 0.228 e. The van der Waals surface area contributed by atoms with Crippen molar-refractivity contribution in [1.82, 2.24) is 10.3 Å². The first-order chi connectivity index (χ1) is 17.0. The summed E-state index contributed by atoms with van der Waals surface area (Å²) < 4.78 is 19.3. The van der Waals surface area contributed by atoms with Crippen LogP contribution in [0.1, 0.15) is 49.1 Å². The summed E-state index contributed by atoms with van der Waals surface area (Å²) in [7, 11) is 0. The van der Waals surface area contributed by atoms with E-state index in [1.54, 1.807) is 6.20 Å². The quantitative estimate of drug-likeness (QED) is 0.399. The lowest BCUT2D eigenvalue weighted by Gasteiger charge is -2.25. The van der Waals surface area contributed by atoms with E-state index in [0.717, 1.165) is 41.3 Å². The van der Waals surface area contributed by atoms with Gasteiger partial charge in [-0.3, -0.25) is 9.78 Å². The third-order valence-electron chi connectivity index (χ3n) is 7.16. The number of hydrogen-bond donors (Lipinski definition) is 2. The minimum atomic E-state index is -0.670. The first kappa shape index (κ1) is 25.6. The maximum atomic E-state index is 13.5. The van der Waals surface area contributed by atoms with Crippen LogP contribution in [0.3, 0.4) is 0 Å². The zero-order valence-electron chi connectivity index (χ0n) is 20.4. The van der Waals surface area contributed by atoms with Crippen LogP contribution in [0.15, 0.2) is 73.4 Å². The number of ether oxygens (including phenoxy) is 1. The number of benzene rings is 2. The molecule has 2 aliphatic rings. The molecule has 1 amide bonds. The normalized spacial score (nSPS) is 22.8. The molecule has 4 atom stereocenters. The molecule has 1 aromatic heterocycles. The Kier molecular flexibility index (Phi) is 8.21. The molecule has 36 heavy (non-hydrogen) atoms. The van der Waals surface area contributed by atoms with Crippen molar-refractivity contribution in [3.05, 3.63) is 84.5 Å². The van der Waals surface area contributed by atoms with Crippen LogP contribution in [0.5, 0.6) is 0 Å². The number of amides is 1. The maximum absolute atomic E-state index is 13.5. The second-order valence-corrected chi connectivity index (χ2v) is 9.84. The molecule has 0 bridgehead atoms. The average molecular weight is 492 g/mol. The van der Waals surface area contributed by atoms with E-state index in [9.17, 15) is 9.18 Å². The molecule has 0 spiro atoms. The lowest BCUT2D eigenvalue weighted by Crippen LogP contribution is -2.27. The highest BCUT2D eigenvalue weighted by molar-refractivity contribution is 5.97. The highest BCUT2D eigenvalue weighted by atomic mass is 19.1. The van der Waals surface area contributed by atoms with Gasteiger partial charge in [0.2, 0.25) is 5.91 Å². The van der Waals surface area contributed by atoms with Gasteiger partial charge in [0.05, 0.1) is 0 Å². The molecule has 1 heterocycles. The number of hydrogen-bond acceptors (Lipinski definition) is 4. The van der Waals surface area contributed by atoms with Gasteiger partial charge in [0.1, 0.15) is 12.8 Å². The summed E-state index contributed by atoms with van der Waals surface area (Å²) in [6.45, 7) is 5.07. The number of pyridine rings is 1. The minimum absolute atomic E-state index is 0. The number of fused-ring (bicyclic) bond motifs is 1. The van der Waals surface area contributed by atoms with Crippen molar-refractivity contribution in [1.29, 1.82) is 0 Å². The van der Waals surface area contributed by atoms with Gasteiger partial charge < -0.3 is 20.8 Å². The number of alkyl halides is 1. The molecular formula is C29H34FN3O3. The van der Waals surface area contributed by atoms with E-state index >= 15 is 0 Å². The van der Waals surface area contributed by atoms with Crippen LogP contribution in [0.4, 0.5) is 10.1 Å². The molecule has 7 heteroatoms. The van der Waals surface area contributed by atoms with E-state index in [-0.39, 0.29) is 23.2 Å². The van der Waals surface area contributed by atoms with E-state index < -0.39 is 6.17 Å². The molecule has 2 aromatic carbocycles. The van der Waals surface area contributed by atoms with E-state index in [1.807, 2.05) is 42.6 Å². The second kappa shape index (κ2) is 11.5. The molecule has 5 rings (SSSR count). The van der Waals surface area contributed by atoms with Crippen LogP contribution in [0.25, 0.3) is 10.8 Å². The van der Waals surface area contributed by atoms with Crippen molar-refractivity contribution in [3.8, 4) is 0 Å². The summed E-state index contributed by atoms with van der Waals surface area (Å²) >= 11 is 0. The largest absolute Gasteiger partial charge is 0.475 e. The van der Waals surface area contributed by atoms with E-state index in [1.165, 1.54) is 5.56 Å². The molecule has 2 fully saturated rings. The zero-order valence-corrected chi connectivity index (χ0v) is 20.4. The Morgan fingerprint density at radius 1 is 1.08 bits per heavy atom. The number of aromatic nitrogens is 1. The number of carbonyl (C=O) groups excluding carboxylic acids is 1. The van der Waals surface area contributed by atoms with Gasteiger partial charge in [-0.05, 0) is 78.8 Å². The van der Waals surface area contributed by atoms with Crippen molar-refractivity contribution in [2.75, 3.05) is 11.9 Å². The fourth-order valence-corrected chi connectivity index (χ4v) is 5.00. The summed E-state index contributed by atoms with van der Waals surface area (Å²) in [5.74, 6) is 1.19. The predicted molar refractivity (Wildman–Crippen MR) is 140 cm³/mol. The van der Waals surface area contributed by atoms with Crippen LogP contribution in [0.2, 0.25) is 0 Å². The van der Waals surface area contributed by atoms with Crippen LogP contribution >= 0.6 is 0 Å². The Hall–Kier alpha value is -3.45. The van der Waals surface area contributed by atoms with E-state index in [0.29, 0.717) is 37.8 Å². The van der Waals surface area contributed by atoms with Gasteiger partial charge in [0, 0.05) is 35.9 Å². The Morgan fingerprint density at radius 2 is 1.92 bits per heavy atom. The first-order valence-corrected chi connectivity index (χ1v) is 12.5. The van der Waals surface area contributed by atoms with Crippen LogP contribution in [-0.2, 0) is 16.1 Å². The predicted octanol–water partition coefficient (Wildman–Crippen LogP) is 5.26. The summed E-state index contributed by atoms with van der Waals surface area (Å²) in [6.07, 6.45) is 7.10. The molecule has 4 unspecified atom stereocenters. The molecule has 0 saturated heterocycles. The molecule has 2 saturated carbocycles. The van der Waals surface area contributed by atoms with Crippen LogP contribution < -0.4 is 10.6 Å². The molecule has 0 radical (unpaired) electrons. The fraction of sp³-hybridized carbons (Fsp3) is 0.379. The second-order valence-electron chi connectivity index (χ2n) is 9.84. The minimum Gasteiger partial charge on any atom is -0.475 e. The highest BCUT2D eigenvalue weighted by Gasteiger charge is 2.43. The number of carbonyl (C=O) groups is 1. The fourth-order valence-electron chi connectivity index (χ4n) is 5.00. The van der Waals surface area contributed by atoms with Crippen molar-refractivity contribution >= 4 is 22.4 Å². The van der Waals surface area contributed by atoms with Crippen LogP contribution in [-0.4, -0.2) is 29.1 Å². The Labute approximate surface area is 211 Å². The SMILES string of the molecule is C=C(NCC1CCCC(F)C1)OCc1ccc(C2CC2C(=O)Nc2ccc3cnccc3c2)cc1.O. The molecule has 2 aliphatic carbocycles. The summed E-state index contributed by atoms with van der Waals surface area (Å²) in [5.41, 5.74) is 3.03. The van der Waals surface area contributed by atoms with Gasteiger partial charge in [-0.15, -0.1) is 0 Å². The number of nitrogens with one attached hydrogen (secondary N) is 2. The first-order valence-electron chi connectivity index (χ1n) is 12.5. The number of halogens is 1. The Balaban J connectivity index is 0.00000304. The monoisotopic (exact) mass is 491 g/mol. The van der Waals surface area contributed by atoms with E-state index in [2.05, 4.69) is 34.3 Å². The molecule has 4 N–H and O–H groups in total. The van der Waals surface area contributed by atoms with Crippen molar-refractivity contribution < 1.29 is 19.4 Å². The third kappa shape index (κ3) is 6.40. The molecule has 6 nitrogen and oxygen atoms in total. The summed E-state index contributed by atoms with van der Waals surface area (Å²) in [4.78, 5) is 16.9. The van der Waals surface area contributed by atoms with Gasteiger partial charge >= 0.3 is 0 Å². The van der Waals surface area contributed by atoms with Crippen molar-refractivity contribution in [2.45, 2.75) is 50.8 Å². The third-order valence-corrected chi connectivity index (χ3v) is 7.16. The van der Waals surface area contributed by atoms with Crippen molar-refractivity contribution in [2.24, 2.45) is 11.8 Å². The Morgan fingerprint density at radius 3 is 2.72 bits per heavy atom. The number of rotatable bonds is 9. The molecular weight excluding hydrogens is 457 g/mol. The average Bonchev–Trinajstić information content (AvgIpc) is 3.68. The summed E-state index contributed by atoms with van der Waals surface area (Å²) in [5, 5.41) is 8.37.